The van der Waals surface area contributed by atoms with Crippen LogP contribution in [0.1, 0.15) is 11.4 Å². The first-order valence-electron chi connectivity index (χ1n) is 9.08. The summed E-state index contributed by atoms with van der Waals surface area (Å²) in [5.41, 5.74) is 1.36. The number of nitrogens with zero attached hydrogens (tertiary/aromatic N) is 5. The Labute approximate surface area is 176 Å². The van der Waals surface area contributed by atoms with E-state index in [0.29, 0.717) is 48.1 Å². The van der Waals surface area contributed by atoms with E-state index in [2.05, 4.69) is 37.1 Å². The normalized spacial score (nSPS) is 14.7. The number of aromatic nitrogens is 3. The lowest BCUT2D eigenvalue weighted by molar-refractivity contribution is 0.122. The number of nitriles is 1. The molecule has 2 aromatic carbocycles. The average Bonchev–Trinajstić information content (AvgIpc) is 3.19. The Bertz CT molecular complexity index is 1080. The second-order valence-electron chi connectivity index (χ2n) is 6.43. The van der Waals surface area contributed by atoms with Gasteiger partial charge >= 0.3 is 0 Å². The number of anilines is 1. The van der Waals surface area contributed by atoms with E-state index in [1.54, 1.807) is 12.1 Å². The lowest BCUT2D eigenvalue weighted by atomic mass is 10.1. The van der Waals surface area contributed by atoms with Gasteiger partial charge in [-0.3, -0.25) is 4.57 Å². The molecule has 3 aromatic rings. The molecule has 0 radical (unpaired) electrons. The fraction of sp³-hybridized carbons (Fsp3) is 0.190. The lowest BCUT2D eigenvalue weighted by Crippen LogP contribution is -2.38. The predicted molar refractivity (Wildman–Crippen MR) is 112 cm³/mol. The molecule has 2 heterocycles. The molecule has 29 heavy (non-hydrogen) atoms. The molecule has 4 rings (SSSR count). The second-order valence-corrected chi connectivity index (χ2v) is 7.35. The monoisotopic (exact) mass is 453 g/mol. The summed E-state index contributed by atoms with van der Waals surface area (Å²) in [6, 6.07) is 16.4. The fourth-order valence-electron chi connectivity index (χ4n) is 3.15. The van der Waals surface area contributed by atoms with Crippen molar-refractivity contribution >= 4 is 33.5 Å². The van der Waals surface area contributed by atoms with Crippen molar-refractivity contribution < 1.29 is 9.13 Å². The summed E-state index contributed by atoms with van der Waals surface area (Å²) < 4.78 is 22.2. The molecule has 1 saturated heterocycles. The van der Waals surface area contributed by atoms with Gasteiger partial charge in [-0.2, -0.15) is 5.26 Å². The number of ether oxygens (including phenoxy) is 1. The van der Waals surface area contributed by atoms with Crippen LogP contribution in [-0.4, -0.2) is 41.1 Å². The number of benzene rings is 2. The van der Waals surface area contributed by atoms with Gasteiger partial charge in [-0.25, -0.2) is 4.39 Å². The van der Waals surface area contributed by atoms with E-state index in [9.17, 15) is 9.65 Å². The fourth-order valence-corrected chi connectivity index (χ4v) is 3.49. The van der Waals surface area contributed by atoms with Crippen LogP contribution in [0.2, 0.25) is 0 Å². The van der Waals surface area contributed by atoms with Gasteiger partial charge in [0.1, 0.15) is 11.9 Å². The van der Waals surface area contributed by atoms with E-state index in [1.807, 2.05) is 34.9 Å². The van der Waals surface area contributed by atoms with Gasteiger partial charge in [0.05, 0.1) is 24.5 Å². The van der Waals surface area contributed by atoms with Crippen LogP contribution in [0.25, 0.3) is 17.3 Å². The minimum atomic E-state index is -0.425. The highest BCUT2D eigenvalue weighted by molar-refractivity contribution is 9.10. The summed E-state index contributed by atoms with van der Waals surface area (Å²) in [5.74, 6) is 0.570. The molecule has 0 N–H and O–H groups in total. The Balaban J connectivity index is 1.85. The molecule has 1 aliphatic heterocycles. The van der Waals surface area contributed by atoms with Crippen molar-refractivity contribution in [2.45, 2.75) is 0 Å². The number of halogens is 2. The van der Waals surface area contributed by atoms with Crippen LogP contribution < -0.4 is 4.90 Å². The van der Waals surface area contributed by atoms with Crippen LogP contribution in [0.3, 0.4) is 0 Å². The third-order valence-electron chi connectivity index (χ3n) is 4.58. The number of allylic oxidation sites excluding steroid dienone is 1. The van der Waals surface area contributed by atoms with E-state index < -0.39 is 5.82 Å². The summed E-state index contributed by atoms with van der Waals surface area (Å²) >= 11 is 3.25. The van der Waals surface area contributed by atoms with Crippen LogP contribution in [0.15, 0.2) is 53.0 Å². The third-order valence-corrected chi connectivity index (χ3v) is 5.07. The molecule has 0 atom stereocenters. The van der Waals surface area contributed by atoms with Crippen molar-refractivity contribution in [1.29, 1.82) is 5.26 Å². The first kappa shape index (κ1) is 19.3. The average molecular weight is 454 g/mol. The maximum Gasteiger partial charge on any atom is 0.232 e. The number of rotatable bonds is 4. The van der Waals surface area contributed by atoms with Gasteiger partial charge in [0.15, 0.2) is 5.82 Å². The minimum absolute atomic E-state index is 0.224. The van der Waals surface area contributed by atoms with E-state index in [1.165, 1.54) is 12.1 Å². The van der Waals surface area contributed by atoms with Crippen LogP contribution in [0, 0.1) is 17.1 Å². The molecule has 0 unspecified atom stereocenters. The Morgan fingerprint density at radius 2 is 1.90 bits per heavy atom. The summed E-state index contributed by atoms with van der Waals surface area (Å²) in [6.45, 7) is 2.56. The third kappa shape index (κ3) is 4.06. The maximum absolute atomic E-state index is 14.3. The standard InChI is InChI=1S/C21H17BrFN5O/c22-17-7-6-15(19(23)13-17)12-16(14-24)20-25-26-21(27-8-10-29-11-9-27)28(20)18-4-2-1-3-5-18/h1-7,12-13H,8-11H2/b16-12-. The van der Waals surface area contributed by atoms with Crippen molar-refractivity contribution in [1.82, 2.24) is 14.8 Å². The summed E-state index contributed by atoms with van der Waals surface area (Å²) in [5, 5.41) is 18.5. The molecule has 8 heteroatoms. The van der Waals surface area contributed by atoms with E-state index >= 15 is 0 Å². The molecule has 0 amide bonds. The smallest absolute Gasteiger partial charge is 0.232 e. The van der Waals surface area contributed by atoms with E-state index in [4.69, 9.17) is 4.74 Å². The number of morpholine rings is 1. The number of hydrogen-bond acceptors (Lipinski definition) is 5. The molecule has 0 aliphatic carbocycles. The van der Waals surface area contributed by atoms with Crippen molar-refractivity contribution in [3.05, 3.63) is 70.2 Å². The van der Waals surface area contributed by atoms with Crippen molar-refractivity contribution in [3.8, 4) is 11.8 Å². The molecule has 6 nitrogen and oxygen atoms in total. The van der Waals surface area contributed by atoms with Gasteiger partial charge in [0, 0.05) is 23.1 Å². The van der Waals surface area contributed by atoms with E-state index in [0.717, 1.165) is 5.69 Å². The van der Waals surface area contributed by atoms with Gasteiger partial charge in [0.2, 0.25) is 5.95 Å². The highest BCUT2D eigenvalue weighted by Gasteiger charge is 2.23. The van der Waals surface area contributed by atoms with Gasteiger partial charge in [-0.05, 0) is 30.3 Å². The summed E-state index contributed by atoms with van der Waals surface area (Å²) in [7, 11) is 0. The maximum atomic E-state index is 14.3. The van der Waals surface area contributed by atoms with Crippen LogP contribution >= 0.6 is 15.9 Å². The van der Waals surface area contributed by atoms with E-state index in [-0.39, 0.29) is 5.57 Å². The lowest BCUT2D eigenvalue weighted by Gasteiger charge is -2.28. The quantitative estimate of drug-likeness (QED) is 0.557. The molecule has 1 fully saturated rings. The Hall–Kier alpha value is -3.02. The number of hydrogen-bond donors (Lipinski definition) is 0. The van der Waals surface area contributed by atoms with Gasteiger partial charge in [-0.1, -0.05) is 40.2 Å². The second kappa shape index (κ2) is 8.55. The molecule has 0 saturated carbocycles. The summed E-state index contributed by atoms with van der Waals surface area (Å²) in [4.78, 5) is 2.07. The Morgan fingerprint density at radius 3 is 2.59 bits per heavy atom. The molecule has 0 spiro atoms. The molecule has 146 valence electrons. The molecule has 1 aromatic heterocycles. The molecule has 1 aliphatic rings. The van der Waals surface area contributed by atoms with Crippen molar-refractivity contribution in [3.63, 3.8) is 0 Å². The van der Waals surface area contributed by atoms with Crippen LogP contribution in [-0.2, 0) is 4.74 Å². The summed E-state index contributed by atoms with van der Waals surface area (Å²) in [6.07, 6.45) is 1.49. The minimum Gasteiger partial charge on any atom is -0.378 e. The van der Waals surface area contributed by atoms with Gasteiger partial charge in [-0.15, -0.1) is 10.2 Å². The van der Waals surface area contributed by atoms with Gasteiger partial charge < -0.3 is 9.64 Å². The van der Waals surface area contributed by atoms with Crippen LogP contribution in [0.5, 0.6) is 0 Å². The first-order valence-corrected chi connectivity index (χ1v) is 9.87. The van der Waals surface area contributed by atoms with Gasteiger partial charge in [0.25, 0.3) is 0 Å². The highest BCUT2D eigenvalue weighted by Crippen LogP contribution is 2.27. The number of para-hydroxylation sites is 1. The topological polar surface area (TPSA) is 67.0 Å². The zero-order valence-corrected chi connectivity index (χ0v) is 17.0. The highest BCUT2D eigenvalue weighted by atomic mass is 79.9. The molecular formula is C21H17BrFN5O. The van der Waals surface area contributed by atoms with Crippen molar-refractivity contribution in [2.75, 3.05) is 31.2 Å². The largest absolute Gasteiger partial charge is 0.378 e. The predicted octanol–water partition coefficient (Wildman–Crippen LogP) is 4.07. The van der Waals surface area contributed by atoms with Crippen molar-refractivity contribution in [2.24, 2.45) is 0 Å². The SMILES string of the molecule is N#C/C(=C/c1ccc(Br)cc1F)c1nnc(N2CCOCC2)n1-c1ccccc1. The Kier molecular flexibility index (Phi) is 5.69. The molecule has 0 bridgehead atoms. The Morgan fingerprint density at radius 1 is 1.14 bits per heavy atom. The molecular weight excluding hydrogens is 437 g/mol. The zero-order valence-electron chi connectivity index (χ0n) is 15.4. The van der Waals surface area contributed by atoms with Crippen LogP contribution in [0.4, 0.5) is 10.3 Å². The zero-order chi connectivity index (χ0) is 20.2. The first-order chi connectivity index (χ1) is 14.2.